The average Bonchev–Trinajstić information content (AvgIpc) is 3.13. The Morgan fingerprint density at radius 2 is 0.981 bits per heavy atom. The van der Waals surface area contributed by atoms with Gasteiger partial charge in [0.25, 0.3) is 0 Å². The Hall–Kier alpha value is -1.50. The SMILES string of the molecule is CCCCCCCCCCCC(=O)O[C@H](COC(=O)CCCCCCCCC)CO[C@@H]1O[C@H](CO[C@@H]2O[C@H](CO)[C@H](O)C(O)C2O)[C@H](O)C(O)C1O. The summed E-state index contributed by atoms with van der Waals surface area (Å²) in [6.07, 6.45) is 0.610. The molecule has 0 aromatic rings. The lowest BCUT2D eigenvalue weighted by Gasteiger charge is -2.42. The molecule has 15 heteroatoms. The third kappa shape index (κ3) is 17.3. The number of esters is 2. The first-order valence-corrected chi connectivity index (χ1v) is 19.6. The highest BCUT2D eigenvalue weighted by molar-refractivity contribution is 5.70. The summed E-state index contributed by atoms with van der Waals surface area (Å²) in [5, 5.41) is 71.4. The number of unbranched alkanes of at least 4 members (excludes halogenated alkanes) is 14. The van der Waals surface area contributed by atoms with Crippen molar-refractivity contribution in [1.29, 1.82) is 0 Å². The topological polar surface area (TPSA) is 231 Å². The minimum Gasteiger partial charge on any atom is -0.462 e. The molecular weight excluding hydrogens is 684 g/mol. The Labute approximate surface area is 308 Å². The molecule has 0 spiro atoms. The predicted octanol–water partition coefficient (Wildman–Crippen LogP) is 2.14. The van der Waals surface area contributed by atoms with Gasteiger partial charge in [-0.05, 0) is 12.8 Å². The fraction of sp³-hybridized carbons (Fsp3) is 0.946. The molecule has 0 amide bonds. The lowest BCUT2D eigenvalue weighted by molar-refractivity contribution is -0.332. The van der Waals surface area contributed by atoms with Crippen molar-refractivity contribution in [2.45, 2.75) is 197 Å². The molecule has 0 radical (unpaired) electrons. The van der Waals surface area contributed by atoms with Crippen LogP contribution in [0.4, 0.5) is 0 Å². The zero-order valence-corrected chi connectivity index (χ0v) is 31.3. The molecule has 0 saturated carbocycles. The second-order valence-electron chi connectivity index (χ2n) is 14.1. The number of aliphatic hydroxyl groups is 7. The van der Waals surface area contributed by atoms with Crippen LogP contribution in [0.2, 0.25) is 0 Å². The molecule has 0 aliphatic carbocycles. The molecule has 0 aromatic heterocycles. The Kier molecular flexibility index (Phi) is 24.3. The van der Waals surface area contributed by atoms with Gasteiger partial charge in [-0.1, -0.05) is 104 Å². The van der Waals surface area contributed by atoms with Crippen LogP contribution in [0.25, 0.3) is 0 Å². The molecule has 2 fully saturated rings. The lowest BCUT2D eigenvalue weighted by Crippen LogP contribution is -2.61. The largest absolute Gasteiger partial charge is 0.462 e. The van der Waals surface area contributed by atoms with Crippen molar-refractivity contribution in [2.24, 2.45) is 0 Å². The number of ether oxygens (including phenoxy) is 6. The van der Waals surface area contributed by atoms with Crippen LogP contribution in [0.1, 0.15) is 129 Å². The van der Waals surface area contributed by atoms with E-state index in [4.69, 9.17) is 28.4 Å². The fourth-order valence-electron chi connectivity index (χ4n) is 6.21. The van der Waals surface area contributed by atoms with E-state index in [1.807, 2.05) is 0 Å². The first-order chi connectivity index (χ1) is 25.0. The molecule has 2 saturated heterocycles. The number of rotatable bonds is 28. The fourth-order valence-corrected chi connectivity index (χ4v) is 6.21. The minimum absolute atomic E-state index is 0.170. The summed E-state index contributed by atoms with van der Waals surface area (Å²) < 4.78 is 33.2. The van der Waals surface area contributed by atoms with Gasteiger partial charge in [0.15, 0.2) is 18.7 Å². The van der Waals surface area contributed by atoms with E-state index in [9.17, 15) is 45.3 Å². The normalized spacial score (nSPS) is 29.9. The maximum Gasteiger partial charge on any atom is 0.306 e. The van der Waals surface area contributed by atoms with E-state index in [1.54, 1.807) is 0 Å². The van der Waals surface area contributed by atoms with E-state index < -0.39 is 92.7 Å². The third-order valence-corrected chi connectivity index (χ3v) is 9.59. The standard InChI is InChI=1S/C37H68O15/c1-3-5-7-9-11-12-14-16-18-20-29(40)50-25(22-47-28(39)19-17-15-13-10-8-6-4-2)23-48-36-35(46)33(44)31(42)27(52-36)24-49-37-34(45)32(43)30(41)26(21-38)51-37/h25-27,30-38,41-46H,3-24H2,1-2H3/t25-,26-,27-,30+,31+,32?,33?,34?,35?,36-,37-/m1/s1. The van der Waals surface area contributed by atoms with Gasteiger partial charge in [-0.2, -0.15) is 0 Å². The number of hydrogen-bond donors (Lipinski definition) is 7. The van der Waals surface area contributed by atoms with Crippen molar-refractivity contribution in [3.05, 3.63) is 0 Å². The van der Waals surface area contributed by atoms with E-state index in [2.05, 4.69) is 13.8 Å². The van der Waals surface area contributed by atoms with Gasteiger partial charge in [0, 0.05) is 12.8 Å². The van der Waals surface area contributed by atoms with Crippen molar-refractivity contribution in [3.8, 4) is 0 Å². The Bertz CT molecular complexity index is 939. The van der Waals surface area contributed by atoms with Crippen LogP contribution in [0.15, 0.2) is 0 Å². The van der Waals surface area contributed by atoms with Gasteiger partial charge in [0.2, 0.25) is 0 Å². The molecular formula is C37H68O15. The van der Waals surface area contributed by atoms with Crippen LogP contribution in [0, 0.1) is 0 Å². The highest BCUT2D eigenvalue weighted by atomic mass is 16.7. The van der Waals surface area contributed by atoms with Crippen molar-refractivity contribution in [3.63, 3.8) is 0 Å². The zero-order valence-electron chi connectivity index (χ0n) is 31.3. The van der Waals surface area contributed by atoms with Gasteiger partial charge in [0.1, 0.15) is 55.4 Å². The maximum absolute atomic E-state index is 12.8. The number of aliphatic hydroxyl groups excluding tert-OH is 7. The van der Waals surface area contributed by atoms with Crippen molar-refractivity contribution < 1.29 is 73.8 Å². The molecule has 306 valence electrons. The first-order valence-electron chi connectivity index (χ1n) is 19.6. The Morgan fingerprint density at radius 3 is 1.50 bits per heavy atom. The van der Waals surface area contributed by atoms with Crippen molar-refractivity contribution >= 4 is 11.9 Å². The molecule has 2 rings (SSSR count). The van der Waals surface area contributed by atoms with Crippen LogP contribution < -0.4 is 0 Å². The van der Waals surface area contributed by atoms with Crippen LogP contribution in [-0.4, -0.2) is 142 Å². The van der Waals surface area contributed by atoms with Crippen LogP contribution >= 0.6 is 0 Å². The molecule has 11 atom stereocenters. The summed E-state index contributed by atoms with van der Waals surface area (Å²) in [7, 11) is 0. The number of carbonyl (C=O) groups is 2. The first kappa shape index (κ1) is 46.7. The summed E-state index contributed by atoms with van der Waals surface area (Å²) in [5.74, 6) is -0.933. The number of hydrogen-bond acceptors (Lipinski definition) is 15. The van der Waals surface area contributed by atoms with Gasteiger partial charge >= 0.3 is 11.9 Å². The van der Waals surface area contributed by atoms with E-state index in [0.717, 1.165) is 44.9 Å². The Morgan fingerprint density at radius 1 is 0.538 bits per heavy atom. The lowest BCUT2D eigenvalue weighted by atomic mass is 9.98. The summed E-state index contributed by atoms with van der Waals surface area (Å²) in [5.41, 5.74) is 0. The van der Waals surface area contributed by atoms with E-state index >= 15 is 0 Å². The predicted molar refractivity (Wildman–Crippen MR) is 188 cm³/mol. The summed E-state index contributed by atoms with van der Waals surface area (Å²) in [4.78, 5) is 25.3. The average molecular weight is 753 g/mol. The van der Waals surface area contributed by atoms with E-state index in [0.29, 0.717) is 12.8 Å². The molecule has 7 N–H and O–H groups in total. The molecule has 4 unspecified atom stereocenters. The summed E-state index contributed by atoms with van der Waals surface area (Å²) in [6, 6.07) is 0. The van der Waals surface area contributed by atoms with E-state index in [1.165, 1.54) is 44.9 Å². The Balaban J connectivity index is 1.92. The quantitative estimate of drug-likeness (QED) is 0.0449. The van der Waals surface area contributed by atoms with Gasteiger partial charge in [-0.3, -0.25) is 9.59 Å². The molecule has 15 nitrogen and oxygen atoms in total. The van der Waals surface area contributed by atoms with Crippen LogP contribution in [0.3, 0.4) is 0 Å². The van der Waals surface area contributed by atoms with E-state index in [-0.39, 0.29) is 26.1 Å². The summed E-state index contributed by atoms with van der Waals surface area (Å²) in [6.45, 7) is 2.47. The maximum atomic E-state index is 12.8. The molecule has 52 heavy (non-hydrogen) atoms. The third-order valence-electron chi connectivity index (χ3n) is 9.59. The molecule has 2 heterocycles. The summed E-state index contributed by atoms with van der Waals surface area (Å²) >= 11 is 0. The monoisotopic (exact) mass is 752 g/mol. The van der Waals surface area contributed by atoms with Gasteiger partial charge in [0.05, 0.1) is 19.8 Å². The highest BCUT2D eigenvalue weighted by Gasteiger charge is 2.47. The smallest absolute Gasteiger partial charge is 0.306 e. The molecule has 2 aliphatic rings. The highest BCUT2D eigenvalue weighted by Crippen LogP contribution is 2.26. The van der Waals surface area contributed by atoms with Crippen LogP contribution in [0.5, 0.6) is 0 Å². The molecule has 2 aliphatic heterocycles. The van der Waals surface area contributed by atoms with Crippen molar-refractivity contribution in [2.75, 3.05) is 26.4 Å². The minimum atomic E-state index is -1.76. The van der Waals surface area contributed by atoms with Gasteiger partial charge in [-0.15, -0.1) is 0 Å². The second-order valence-corrected chi connectivity index (χ2v) is 14.1. The van der Waals surface area contributed by atoms with Crippen LogP contribution in [-0.2, 0) is 38.0 Å². The van der Waals surface area contributed by atoms with Gasteiger partial charge < -0.3 is 64.2 Å². The molecule has 0 bridgehead atoms. The second kappa shape index (κ2) is 27.1. The number of carbonyl (C=O) groups excluding carboxylic acids is 2. The zero-order chi connectivity index (χ0) is 38.3. The van der Waals surface area contributed by atoms with Crippen molar-refractivity contribution in [1.82, 2.24) is 0 Å². The molecule has 0 aromatic carbocycles. The van der Waals surface area contributed by atoms with Gasteiger partial charge in [-0.25, -0.2) is 0 Å².